The number of aryl methyl sites for hydroxylation is 1. The van der Waals surface area contributed by atoms with E-state index >= 15 is 0 Å². The van der Waals surface area contributed by atoms with Gasteiger partial charge in [0.05, 0.1) is 4.91 Å². The molecule has 0 radical (unpaired) electrons. The third-order valence-electron chi connectivity index (χ3n) is 2.77. The lowest BCUT2D eigenvalue weighted by Crippen LogP contribution is -2.19. The summed E-state index contributed by atoms with van der Waals surface area (Å²) in [6.45, 7) is 4.75. The van der Waals surface area contributed by atoms with Gasteiger partial charge in [0.2, 0.25) is 5.13 Å². The van der Waals surface area contributed by atoms with Crippen LogP contribution in [0.25, 0.3) is 0 Å². The maximum Gasteiger partial charge on any atom is 0.325 e. The minimum Gasteiger partial charge on any atom is -0.511 e. The minimum absolute atomic E-state index is 0.0747. The summed E-state index contributed by atoms with van der Waals surface area (Å²) in [4.78, 5) is 23.6. The number of hydrogen-bond acceptors (Lipinski definition) is 7. The highest BCUT2D eigenvalue weighted by Crippen LogP contribution is 2.32. The number of hydrogen-bond donors (Lipinski definition) is 3. The van der Waals surface area contributed by atoms with Gasteiger partial charge in [0, 0.05) is 5.69 Å². The Hall–Kier alpha value is -2.39. The Balaban J connectivity index is 1.98. The van der Waals surface area contributed by atoms with E-state index < -0.39 is 6.03 Å². The van der Waals surface area contributed by atoms with Crippen LogP contribution < -0.4 is 10.6 Å². The maximum absolute atomic E-state index is 11.9. The van der Waals surface area contributed by atoms with E-state index in [9.17, 15) is 14.7 Å². The second-order valence-corrected chi connectivity index (χ2v) is 7.13. The Kier molecular flexibility index (Phi) is 5.93. The quantitative estimate of drug-likeness (QED) is 0.321. The molecule has 0 spiro atoms. The SMILES string of the molecule is CC(=O)/C(Sc1nnc(NC(=O)Nc2ccc(C)cc2)s1)=C(\C)O. The predicted octanol–water partition coefficient (Wildman–Crippen LogP) is 3.96. The molecule has 126 valence electrons. The molecule has 2 aromatic rings. The number of carbonyl (C=O) groups is 2. The lowest BCUT2D eigenvalue weighted by atomic mass is 10.2. The molecule has 0 aliphatic carbocycles. The van der Waals surface area contributed by atoms with Crippen molar-refractivity contribution in [3.63, 3.8) is 0 Å². The summed E-state index contributed by atoms with van der Waals surface area (Å²) in [5, 5.41) is 22.8. The number of allylic oxidation sites excluding steroid dienone is 2. The van der Waals surface area contributed by atoms with Crippen molar-refractivity contribution in [1.82, 2.24) is 10.2 Å². The molecule has 0 saturated heterocycles. The molecule has 7 nitrogen and oxygen atoms in total. The van der Waals surface area contributed by atoms with Crippen molar-refractivity contribution in [3.05, 3.63) is 40.5 Å². The number of Topliss-reactive ketones (excluding diaryl/α,β-unsaturated/α-hetero) is 1. The Morgan fingerprint density at radius 3 is 2.38 bits per heavy atom. The summed E-state index contributed by atoms with van der Waals surface area (Å²) >= 11 is 2.12. The van der Waals surface area contributed by atoms with Crippen LogP contribution in [-0.4, -0.2) is 27.1 Å². The van der Waals surface area contributed by atoms with Gasteiger partial charge >= 0.3 is 6.03 Å². The van der Waals surface area contributed by atoms with Crippen molar-refractivity contribution in [1.29, 1.82) is 0 Å². The van der Waals surface area contributed by atoms with Crippen molar-refractivity contribution in [2.45, 2.75) is 25.1 Å². The fraction of sp³-hybridized carbons (Fsp3) is 0.200. The van der Waals surface area contributed by atoms with Gasteiger partial charge in [-0.3, -0.25) is 10.1 Å². The number of aliphatic hydroxyl groups is 1. The van der Waals surface area contributed by atoms with Crippen LogP contribution in [0.15, 0.2) is 39.3 Å². The smallest absolute Gasteiger partial charge is 0.325 e. The maximum atomic E-state index is 11.9. The molecule has 0 aliphatic rings. The fourth-order valence-electron chi connectivity index (χ4n) is 1.69. The van der Waals surface area contributed by atoms with Gasteiger partial charge in [-0.05, 0) is 44.7 Å². The molecule has 0 fully saturated rings. The van der Waals surface area contributed by atoms with Crippen LogP contribution in [0.5, 0.6) is 0 Å². The topological polar surface area (TPSA) is 104 Å². The number of aromatic nitrogens is 2. The number of aliphatic hydroxyl groups excluding tert-OH is 1. The van der Waals surface area contributed by atoms with Crippen molar-refractivity contribution < 1.29 is 14.7 Å². The molecule has 0 atom stereocenters. The molecule has 1 aromatic carbocycles. The molecule has 0 saturated carbocycles. The zero-order chi connectivity index (χ0) is 17.7. The van der Waals surface area contributed by atoms with E-state index in [1.807, 2.05) is 19.1 Å². The molecular weight excluding hydrogens is 348 g/mol. The summed E-state index contributed by atoms with van der Waals surface area (Å²) in [6.07, 6.45) is 0. The number of rotatable bonds is 5. The molecule has 1 aromatic heterocycles. The van der Waals surface area contributed by atoms with E-state index in [0.717, 1.165) is 28.7 Å². The first kappa shape index (κ1) is 18.0. The number of thioether (sulfide) groups is 1. The van der Waals surface area contributed by atoms with Crippen LogP contribution in [0.3, 0.4) is 0 Å². The van der Waals surface area contributed by atoms with Crippen LogP contribution >= 0.6 is 23.1 Å². The first-order chi connectivity index (χ1) is 11.3. The number of anilines is 2. The van der Waals surface area contributed by atoms with E-state index in [0.29, 0.717) is 15.2 Å². The monoisotopic (exact) mass is 364 g/mol. The average Bonchev–Trinajstić information content (AvgIpc) is 2.93. The molecule has 0 aliphatic heterocycles. The molecule has 1 heterocycles. The highest BCUT2D eigenvalue weighted by molar-refractivity contribution is 8.05. The number of benzene rings is 1. The van der Waals surface area contributed by atoms with Gasteiger partial charge in [0.1, 0.15) is 5.76 Å². The molecule has 9 heteroatoms. The summed E-state index contributed by atoms with van der Waals surface area (Å²) in [6, 6.07) is 6.94. The Bertz CT molecular complexity index is 780. The number of nitrogens with zero attached hydrogens (tertiary/aromatic N) is 2. The zero-order valence-corrected chi connectivity index (χ0v) is 14.9. The van der Waals surface area contributed by atoms with Crippen molar-refractivity contribution in [2.75, 3.05) is 10.6 Å². The number of urea groups is 1. The van der Waals surface area contributed by atoms with Crippen LogP contribution in [0.4, 0.5) is 15.6 Å². The Morgan fingerprint density at radius 2 is 1.79 bits per heavy atom. The van der Waals surface area contributed by atoms with Crippen LogP contribution in [-0.2, 0) is 4.79 Å². The largest absolute Gasteiger partial charge is 0.511 e. The molecule has 24 heavy (non-hydrogen) atoms. The summed E-state index contributed by atoms with van der Waals surface area (Å²) < 4.78 is 0.444. The third-order valence-corrected chi connectivity index (χ3v) is 4.95. The number of carbonyl (C=O) groups excluding carboxylic acids is 2. The van der Waals surface area contributed by atoms with Crippen molar-refractivity contribution in [3.8, 4) is 0 Å². The van der Waals surface area contributed by atoms with Gasteiger partial charge in [0.25, 0.3) is 0 Å². The van der Waals surface area contributed by atoms with Gasteiger partial charge in [-0.25, -0.2) is 4.79 Å². The molecule has 2 amide bonds. The number of nitrogens with one attached hydrogen (secondary N) is 2. The summed E-state index contributed by atoms with van der Waals surface area (Å²) in [5.74, 6) is -0.337. The van der Waals surface area contributed by atoms with E-state index in [-0.39, 0.29) is 16.4 Å². The zero-order valence-electron chi connectivity index (χ0n) is 13.3. The fourth-order valence-corrected chi connectivity index (χ4v) is 3.36. The highest BCUT2D eigenvalue weighted by Gasteiger charge is 2.15. The van der Waals surface area contributed by atoms with E-state index in [1.165, 1.54) is 13.8 Å². The van der Waals surface area contributed by atoms with Gasteiger partial charge in [-0.1, -0.05) is 29.0 Å². The summed E-state index contributed by atoms with van der Waals surface area (Å²) in [5.41, 5.74) is 1.76. The van der Waals surface area contributed by atoms with Crippen LogP contribution in [0.2, 0.25) is 0 Å². The minimum atomic E-state index is -0.438. The second kappa shape index (κ2) is 7.93. The molecular formula is C15H16N4O3S2. The number of ketones is 1. The molecule has 2 rings (SSSR count). The lowest BCUT2D eigenvalue weighted by molar-refractivity contribution is -0.113. The van der Waals surface area contributed by atoms with E-state index in [4.69, 9.17) is 0 Å². The van der Waals surface area contributed by atoms with E-state index in [1.54, 1.807) is 12.1 Å². The average molecular weight is 364 g/mol. The van der Waals surface area contributed by atoms with Crippen LogP contribution in [0.1, 0.15) is 19.4 Å². The van der Waals surface area contributed by atoms with Gasteiger partial charge in [-0.2, -0.15) is 0 Å². The second-order valence-electron chi connectivity index (χ2n) is 4.89. The van der Waals surface area contributed by atoms with Gasteiger partial charge in [-0.15, -0.1) is 10.2 Å². The normalized spacial score (nSPS) is 11.6. The lowest BCUT2D eigenvalue weighted by Gasteiger charge is -2.05. The number of amides is 2. The standard InChI is InChI=1S/C15H16N4O3S2/c1-8-4-6-11(7-5-8)16-13(22)17-14-18-19-15(24-14)23-12(9(2)20)10(3)21/h4-7,20H,1-3H3,(H2,16,17,18,22)/b12-9-. The molecule has 3 N–H and O–H groups in total. The van der Waals surface area contributed by atoms with Crippen molar-refractivity contribution >= 4 is 45.7 Å². The van der Waals surface area contributed by atoms with Gasteiger partial charge in [0.15, 0.2) is 10.1 Å². The molecule has 0 bridgehead atoms. The van der Waals surface area contributed by atoms with Crippen LogP contribution in [0, 0.1) is 6.92 Å². The highest BCUT2D eigenvalue weighted by atomic mass is 32.2. The Labute approximate surface area is 147 Å². The predicted molar refractivity (Wildman–Crippen MR) is 95.6 cm³/mol. The molecule has 0 unspecified atom stereocenters. The van der Waals surface area contributed by atoms with Gasteiger partial charge < -0.3 is 10.4 Å². The first-order valence-corrected chi connectivity index (χ1v) is 8.55. The third kappa shape index (κ3) is 5.07. The first-order valence-electron chi connectivity index (χ1n) is 6.92. The summed E-state index contributed by atoms with van der Waals surface area (Å²) in [7, 11) is 0. The Morgan fingerprint density at radius 1 is 1.12 bits per heavy atom. The van der Waals surface area contributed by atoms with Crippen molar-refractivity contribution in [2.24, 2.45) is 0 Å². The van der Waals surface area contributed by atoms with E-state index in [2.05, 4.69) is 20.8 Å².